The van der Waals surface area contributed by atoms with E-state index < -0.39 is 5.82 Å². The first-order valence-corrected chi connectivity index (χ1v) is 9.71. The van der Waals surface area contributed by atoms with Gasteiger partial charge in [0.25, 0.3) is 5.91 Å². The van der Waals surface area contributed by atoms with Gasteiger partial charge in [0.15, 0.2) is 0 Å². The summed E-state index contributed by atoms with van der Waals surface area (Å²) in [6, 6.07) is 17.6. The maximum Gasteiger partial charge on any atom is 0.254 e. The Morgan fingerprint density at radius 1 is 1.10 bits per heavy atom. The van der Waals surface area contributed by atoms with Crippen LogP contribution in [0.3, 0.4) is 0 Å². The Morgan fingerprint density at radius 3 is 2.67 bits per heavy atom. The Kier molecular flexibility index (Phi) is 5.75. The first kappa shape index (κ1) is 19.6. The highest BCUT2D eigenvalue weighted by atomic mass is 19.1. The van der Waals surface area contributed by atoms with Crippen LogP contribution in [0.5, 0.6) is 0 Å². The van der Waals surface area contributed by atoms with Crippen molar-refractivity contribution in [3.63, 3.8) is 0 Å². The van der Waals surface area contributed by atoms with E-state index in [2.05, 4.69) is 36.2 Å². The molecule has 0 N–H and O–H groups in total. The van der Waals surface area contributed by atoms with Gasteiger partial charge in [-0.15, -0.1) is 0 Å². The highest BCUT2D eigenvalue weighted by Crippen LogP contribution is 2.16. The van der Waals surface area contributed by atoms with Gasteiger partial charge in [-0.1, -0.05) is 35.9 Å². The van der Waals surface area contributed by atoms with E-state index >= 15 is 0 Å². The van der Waals surface area contributed by atoms with Crippen molar-refractivity contribution in [2.24, 2.45) is 0 Å². The molecule has 0 fully saturated rings. The Bertz CT molecular complexity index is 1120. The lowest BCUT2D eigenvalue weighted by Gasteiger charge is -2.22. The quantitative estimate of drug-likeness (QED) is 0.445. The van der Waals surface area contributed by atoms with Crippen molar-refractivity contribution in [3.05, 3.63) is 113 Å². The van der Waals surface area contributed by atoms with Gasteiger partial charge in [-0.05, 0) is 42.8 Å². The van der Waals surface area contributed by atoms with Crippen LogP contribution < -0.4 is 0 Å². The van der Waals surface area contributed by atoms with Gasteiger partial charge in [0, 0.05) is 24.5 Å². The van der Waals surface area contributed by atoms with Crippen LogP contribution in [-0.2, 0) is 19.6 Å². The summed E-state index contributed by atoms with van der Waals surface area (Å²) in [4.78, 5) is 19.2. The number of rotatable bonds is 7. The van der Waals surface area contributed by atoms with Crippen molar-refractivity contribution >= 4 is 5.91 Å². The molecule has 0 aliphatic heterocycles. The van der Waals surface area contributed by atoms with Crippen LogP contribution in [-0.4, -0.2) is 20.4 Å². The number of hydrogen-bond acceptors (Lipinski definition) is 3. The van der Waals surface area contributed by atoms with E-state index in [1.165, 1.54) is 23.8 Å². The fourth-order valence-corrected chi connectivity index (χ4v) is 3.29. The van der Waals surface area contributed by atoms with Gasteiger partial charge in [-0.2, -0.15) is 0 Å². The molecule has 2 heterocycles. The molecular weight excluding hydrogens is 381 g/mol. The number of amides is 1. The van der Waals surface area contributed by atoms with Gasteiger partial charge < -0.3 is 13.9 Å². The van der Waals surface area contributed by atoms with E-state index in [1.807, 2.05) is 16.8 Å². The van der Waals surface area contributed by atoms with Crippen molar-refractivity contribution < 1.29 is 13.6 Å². The average molecular weight is 403 g/mol. The Labute approximate surface area is 174 Å². The summed E-state index contributed by atoms with van der Waals surface area (Å²) < 4.78 is 21.1. The first-order valence-electron chi connectivity index (χ1n) is 9.71. The summed E-state index contributed by atoms with van der Waals surface area (Å²) in [5, 5.41) is 0. The summed E-state index contributed by atoms with van der Waals surface area (Å²) in [5.41, 5.74) is 2.64. The molecule has 0 bridgehead atoms. The fourth-order valence-electron chi connectivity index (χ4n) is 3.29. The number of furan rings is 1. The molecule has 0 saturated carbocycles. The van der Waals surface area contributed by atoms with Crippen LogP contribution in [0.4, 0.5) is 4.39 Å². The maximum absolute atomic E-state index is 13.7. The lowest BCUT2D eigenvalue weighted by atomic mass is 10.1. The topological polar surface area (TPSA) is 51.3 Å². The average Bonchev–Trinajstić information content (AvgIpc) is 3.41. The minimum atomic E-state index is -0.445. The van der Waals surface area contributed by atoms with Gasteiger partial charge in [0.1, 0.15) is 17.4 Å². The zero-order chi connectivity index (χ0) is 20.9. The van der Waals surface area contributed by atoms with Crippen LogP contribution in [0.1, 0.15) is 33.1 Å². The zero-order valence-electron chi connectivity index (χ0n) is 16.7. The zero-order valence-corrected chi connectivity index (χ0v) is 16.7. The molecule has 0 unspecified atom stereocenters. The van der Waals surface area contributed by atoms with E-state index in [9.17, 15) is 9.18 Å². The molecular formula is C24H22FN3O2. The molecule has 0 aliphatic carbocycles. The molecule has 4 rings (SSSR count). The van der Waals surface area contributed by atoms with E-state index in [1.54, 1.807) is 29.5 Å². The minimum Gasteiger partial charge on any atom is -0.467 e. The van der Waals surface area contributed by atoms with E-state index in [-0.39, 0.29) is 24.6 Å². The van der Waals surface area contributed by atoms with E-state index in [4.69, 9.17) is 4.42 Å². The highest BCUT2D eigenvalue weighted by Gasteiger charge is 2.20. The Hall–Kier alpha value is -3.67. The Balaban J connectivity index is 1.58. The highest BCUT2D eigenvalue weighted by molar-refractivity contribution is 5.94. The number of hydrogen-bond donors (Lipinski definition) is 0. The number of benzene rings is 2. The molecule has 5 nitrogen and oxygen atoms in total. The number of imidazole rings is 1. The second-order valence-corrected chi connectivity index (χ2v) is 7.21. The van der Waals surface area contributed by atoms with Crippen LogP contribution >= 0.6 is 0 Å². The second-order valence-electron chi connectivity index (χ2n) is 7.21. The van der Waals surface area contributed by atoms with Crippen LogP contribution in [0.15, 0.2) is 83.7 Å². The molecule has 0 spiro atoms. The van der Waals surface area contributed by atoms with Gasteiger partial charge in [0.05, 0.1) is 19.4 Å². The fraction of sp³-hybridized carbons (Fsp3) is 0.167. The molecule has 2 aromatic carbocycles. The molecule has 30 heavy (non-hydrogen) atoms. The number of halogens is 1. The normalized spacial score (nSPS) is 10.9. The standard InChI is InChI=1S/C24H22FN3O2/c1-18-7-9-19(10-8-18)15-27-12-11-26-23(27)17-28(16-22-6-3-13-30-22)24(29)20-4-2-5-21(25)14-20/h2-14H,15-17H2,1H3. The molecule has 0 saturated heterocycles. The third-order valence-corrected chi connectivity index (χ3v) is 4.89. The van der Waals surface area contributed by atoms with Crippen molar-refractivity contribution in [2.45, 2.75) is 26.6 Å². The number of aromatic nitrogens is 2. The van der Waals surface area contributed by atoms with Crippen LogP contribution in [0.25, 0.3) is 0 Å². The smallest absolute Gasteiger partial charge is 0.254 e. The van der Waals surface area contributed by atoms with Crippen molar-refractivity contribution in [1.82, 2.24) is 14.5 Å². The largest absolute Gasteiger partial charge is 0.467 e. The summed E-state index contributed by atoms with van der Waals surface area (Å²) in [6.45, 7) is 3.24. The van der Waals surface area contributed by atoms with Crippen molar-refractivity contribution in [2.75, 3.05) is 0 Å². The van der Waals surface area contributed by atoms with E-state index in [0.29, 0.717) is 12.3 Å². The third kappa shape index (κ3) is 4.66. The molecule has 0 radical (unpaired) electrons. The predicted octanol–water partition coefficient (Wildman–Crippen LogP) is 4.81. The molecule has 2 aromatic heterocycles. The van der Waals surface area contributed by atoms with Crippen LogP contribution in [0, 0.1) is 12.7 Å². The maximum atomic E-state index is 13.7. The number of carbonyl (C=O) groups is 1. The molecule has 0 aliphatic rings. The summed E-state index contributed by atoms with van der Waals surface area (Å²) >= 11 is 0. The van der Waals surface area contributed by atoms with Gasteiger partial charge in [-0.3, -0.25) is 4.79 Å². The lowest BCUT2D eigenvalue weighted by molar-refractivity contribution is 0.0710. The third-order valence-electron chi connectivity index (χ3n) is 4.89. The molecule has 0 atom stereocenters. The van der Waals surface area contributed by atoms with Crippen molar-refractivity contribution in [1.29, 1.82) is 0 Å². The second kappa shape index (κ2) is 8.78. The van der Waals surface area contributed by atoms with Crippen molar-refractivity contribution in [3.8, 4) is 0 Å². The van der Waals surface area contributed by atoms with Gasteiger partial charge in [0.2, 0.25) is 0 Å². The number of carbonyl (C=O) groups excluding carboxylic acids is 1. The summed E-state index contributed by atoms with van der Waals surface area (Å²) in [7, 11) is 0. The summed E-state index contributed by atoms with van der Waals surface area (Å²) in [6.07, 6.45) is 5.19. The van der Waals surface area contributed by atoms with E-state index in [0.717, 1.165) is 11.4 Å². The summed E-state index contributed by atoms with van der Waals surface area (Å²) in [5.74, 6) is 0.665. The van der Waals surface area contributed by atoms with Crippen LogP contribution in [0.2, 0.25) is 0 Å². The molecule has 1 amide bonds. The number of aryl methyl sites for hydroxylation is 1. The first-order chi connectivity index (χ1) is 14.6. The Morgan fingerprint density at radius 2 is 1.93 bits per heavy atom. The lowest BCUT2D eigenvalue weighted by Crippen LogP contribution is -2.31. The number of nitrogens with zero attached hydrogens (tertiary/aromatic N) is 3. The molecule has 4 aromatic rings. The SMILES string of the molecule is Cc1ccc(Cn2ccnc2CN(Cc2ccco2)C(=O)c2cccc(F)c2)cc1. The molecule has 6 heteroatoms. The monoisotopic (exact) mass is 403 g/mol. The van der Waals surface area contributed by atoms with Gasteiger partial charge in [-0.25, -0.2) is 9.37 Å². The predicted molar refractivity (Wildman–Crippen MR) is 111 cm³/mol. The minimum absolute atomic E-state index is 0.264. The van der Waals surface area contributed by atoms with Gasteiger partial charge >= 0.3 is 0 Å². The molecule has 152 valence electrons.